The molecule has 1 fully saturated rings. The maximum absolute atomic E-state index is 12.2. The smallest absolute Gasteiger partial charge is 0.270 e. The van der Waals surface area contributed by atoms with Crippen LogP contribution >= 0.6 is 0 Å². The minimum absolute atomic E-state index is 0.206. The molecule has 2 heterocycles. The van der Waals surface area contributed by atoms with Crippen LogP contribution in [0.1, 0.15) is 16.1 Å². The number of rotatable bonds is 7. The van der Waals surface area contributed by atoms with Crippen molar-refractivity contribution in [2.75, 3.05) is 44.7 Å². The maximum Gasteiger partial charge on any atom is 0.270 e. The number of ether oxygens (including phenoxy) is 1. The van der Waals surface area contributed by atoms with Crippen molar-refractivity contribution in [1.29, 1.82) is 0 Å². The molecule has 0 unspecified atom stereocenters. The Kier molecular flexibility index (Phi) is 6.30. The van der Waals surface area contributed by atoms with Crippen LogP contribution in [0.2, 0.25) is 0 Å². The summed E-state index contributed by atoms with van der Waals surface area (Å²) in [5.41, 5.74) is 1.41. The van der Waals surface area contributed by atoms with Gasteiger partial charge in [0.05, 0.1) is 13.2 Å². The number of carbonyl (C=O) groups is 1. The van der Waals surface area contributed by atoms with Crippen LogP contribution in [-0.4, -0.2) is 60.2 Å². The third-order valence-corrected chi connectivity index (χ3v) is 4.00. The number of carbonyl (C=O) groups excluding carboxylic acids is 1. The minimum atomic E-state index is -0.206. The zero-order valence-electron chi connectivity index (χ0n) is 14.1. The molecule has 1 aromatic heterocycles. The van der Waals surface area contributed by atoms with Gasteiger partial charge in [-0.2, -0.15) is 0 Å². The summed E-state index contributed by atoms with van der Waals surface area (Å²) in [6, 6.07) is 11.4. The number of anilines is 1. The summed E-state index contributed by atoms with van der Waals surface area (Å²) in [6.45, 7) is 5.58. The van der Waals surface area contributed by atoms with E-state index in [1.54, 1.807) is 12.3 Å². The number of amides is 1. The van der Waals surface area contributed by atoms with Gasteiger partial charge in [0.2, 0.25) is 5.95 Å². The monoisotopic (exact) mass is 341 g/mol. The molecule has 1 saturated heterocycles. The molecule has 0 bridgehead atoms. The molecule has 0 spiro atoms. The van der Waals surface area contributed by atoms with E-state index in [9.17, 15) is 4.79 Å². The molecule has 1 aliphatic rings. The van der Waals surface area contributed by atoms with Crippen LogP contribution in [0, 0.1) is 0 Å². The Morgan fingerprint density at radius 2 is 1.96 bits per heavy atom. The van der Waals surface area contributed by atoms with Crippen LogP contribution in [0.15, 0.2) is 42.6 Å². The van der Waals surface area contributed by atoms with Crippen LogP contribution in [0.25, 0.3) is 0 Å². The van der Waals surface area contributed by atoms with E-state index in [1.807, 2.05) is 30.3 Å². The fourth-order valence-corrected chi connectivity index (χ4v) is 2.59. The van der Waals surface area contributed by atoms with E-state index in [0.29, 0.717) is 18.2 Å². The summed E-state index contributed by atoms with van der Waals surface area (Å²) >= 11 is 0. The number of benzene rings is 1. The first-order valence-corrected chi connectivity index (χ1v) is 8.50. The second-order valence-corrected chi connectivity index (χ2v) is 5.81. The molecule has 2 N–H and O–H groups in total. The van der Waals surface area contributed by atoms with Crippen molar-refractivity contribution in [1.82, 2.24) is 20.2 Å². The van der Waals surface area contributed by atoms with Gasteiger partial charge in [-0.25, -0.2) is 9.97 Å². The van der Waals surface area contributed by atoms with Crippen molar-refractivity contribution in [2.24, 2.45) is 0 Å². The lowest BCUT2D eigenvalue weighted by molar-refractivity contribution is 0.0398. The number of aromatic nitrogens is 2. The molecular weight excluding hydrogens is 318 g/mol. The van der Waals surface area contributed by atoms with Crippen LogP contribution in [0.4, 0.5) is 5.95 Å². The lowest BCUT2D eigenvalue weighted by atomic mass is 10.2. The van der Waals surface area contributed by atoms with Gasteiger partial charge < -0.3 is 15.4 Å². The molecule has 0 atom stereocenters. The van der Waals surface area contributed by atoms with Gasteiger partial charge in [-0.1, -0.05) is 30.3 Å². The third-order valence-electron chi connectivity index (χ3n) is 4.00. The van der Waals surface area contributed by atoms with Crippen molar-refractivity contribution in [3.05, 3.63) is 53.9 Å². The van der Waals surface area contributed by atoms with Crippen LogP contribution in [0.3, 0.4) is 0 Å². The van der Waals surface area contributed by atoms with Gasteiger partial charge in [-0.3, -0.25) is 9.69 Å². The van der Waals surface area contributed by atoms with Gasteiger partial charge in [-0.05, 0) is 11.6 Å². The first-order valence-electron chi connectivity index (χ1n) is 8.50. The molecule has 1 amide bonds. The summed E-state index contributed by atoms with van der Waals surface area (Å²) in [5, 5.41) is 6.05. The van der Waals surface area contributed by atoms with Crippen LogP contribution < -0.4 is 10.6 Å². The van der Waals surface area contributed by atoms with E-state index in [2.05, 4.69) is 25.5 Å². The van der Waals surface area contributed by atoms with E-state index < -0.39 is 0 Å². The second kappa shape index (κ2) is 9.10. The lowest BCUT2D eigenvalue weighted by Crippen LogP contribution is -2.39. The van der Waals surface area contributed by atoms with Gasteiger partial charge in [-0.15, -0.1) is 0 Å². The molecule has 0 radical (unpaired) electrons. The quantitative estimate of drug-likeness (QED) is 0.786. The van der Waals surface area contributed by atoms with Crippen LogP contribution in [-0.2, 0) is 11.3 Å². The maximum atomic E-state index is 12.2. The number of morpholine rings is 1. The van der Waals surface area contributed by atoms with Gasteiger partial charge in [0.1, 0.15) is 5.69 Å². The molecule has 3 rings (SSSR count). The number of nitrogens with one attached hydrogen (secondary N) is 2. The molecule has 0 saturated carbocycles. The molecule has 7 nitrogen and oxygen atoms in total. The summed E-state index contributed by atoms with van der Waals surface area (Å²) < 4.78 is 5.33. The highest BCUT2D eigenvalue weighted by molar-refractivity contribution is 5.92. The molecule has 1 aliphatic heterocycles. The van der Waals surface area contributed by atoms with Gasteiger partial charge >= 0.3 is 0 Å². The molecular formula is C18H23N5O2. The second-order valence-electron chi connectivity index (χ2n) is 5.81. The SMILES string of the molecule is O=C(NCc1ccccc1)c1ccnc(NCCN2CCOCC2)n1. The lowest BCUT2D eigenvalue weighted by Gasteiger charge is -2.26. The number of nitrogens with zero attached hydrogens (tertiary/aromatic N) is 3. The first-order chi connectivity index (χ1) is 12.3. The summed E-state index contributed by atoms with van der Waals surface area (Å²) in [7, 11) is 0. The minimum Gasteiger partial charge on any atom is -0.379 e. The van der Waals surface area contributed by atoms with E-state index >= 15 is 0 Å². The number of hydrogen-bond donors (Lipinski definition) is 2. The average molecular weight is 341 g/mol. The van der Waals surface area contributed by atoms with Crippen molar-refractivity contribution < 1.29 is 9.53 Å². The summed E-state index contributed by atoms with van der Waals surface area (Å²) in [6.07, 6.45) is 1.60. The Balaban J connectivity index is 1.47. The highest BCUT2D eigenvalue weighted by atomic mass is 16.5. The van der Waals surface area contributed by atoms with Gasteiger partial charge in [0.25, 0.3) is 5.91 Å². The van der Waals surface area contributed by atoms with Gasteiger partial charge in [0, 0.05) is 38.9 Å². The molecule has 132 valence electrons. The molecule has 2 aromatic rings. The normalized spacial score (nSPS) is 14.9. The summed E-state index contributed by atoms with van der Waals surface area (Å²) in [4.78, 5) is 23.0. The van der Waals surface area contributed by atoms with E-state index in [0.717, 1.165) is 45.0 Å². The Hall–Kier alpha value is -2.51. The predicted molar refractivity (Wildman–Crippen MR) is 95.4 cm³/mol. The Morgan fingerprint density at radius 3 is 2.76 bits per heavy atom. The highest BCUT2D eigenvalue weighted by Gasteiger charge is 2.11. The van der Waals surface area contributed by atoms with E-state index in [4.69, 9.17) is 4.74 Å². The van der Waals surface area contributed by atoms with E-state index in [-0.39, 0.29) is 5.91 Å². The third kappa shape index (κ3) is 5.51. The van der Waals surface area contributed by atoms with E-state index in [1.165, 1.54) is 0 Å². The Morgan fingerprint density at radius 1 is 1.16 bits per heavy atom. The Labute approximate surface area is 147 Å². The fraction of sp³-hybridized carbons (Fsp3) is 0.389. The van der Waals surface area contributed by atoms with Crippen LogP contribution in [0.5, 0.6) is 0 Å². The zero-order chi connectivity index (χ0) is 17.3. The molecule has 25 heavy (non-hydrogen) atoms. The molecule has 0 aliphatic carbocycles. The first kappa shape index (κ1) is 17.3. The zero-order valence-corrected chi connectivity index (χ0v) is 14.1. The van der Waals surface area contributed by atoms with Crippen molar-refractivity contribution >= 4 is 11.9 Å². The predicted octanol–water partition coefficient (Wildman–Crippen LogP) is 1.15. The van der Waals surface area contributed by atoms with Crippen molar-refractivity contribution in [3.8, 4) is 0 Å². The van der Waals surface area contributed by atoms with Crippen molar-refractivity contribution in [3.63, 3.8) is 0 Å². The van der Waals surface area contributed by atoms with Crippen molar-refractivity contribution in [2.45, 2.75) is 6.54 Å². The fourth-order valence-electron chi connectivity index (χ4n) is 2.59. The average Bonchev–Trinajstić information content (AvgIpc) is 2.68. The standard InChI is InChI=1S/C18H23N5O2/c24-17(21-14-15-4-2-1-3-5-15)16-6-7-19-18(22-16)20-8-9-23-10-12-25-13-11-23/h1-7H,8-14H2,(H,21,24)(H,19,20,22). The summed E-state index contributed by atoms with van der Waals surface area (Å²) in [5.74, 6) is 0.267. The molecule has 7 heteroatoms. The molecule has 1 aromatic carbocycles. The van der Waals surface area contributed by atoms with Gasteiger partial charge in [0.15, 0.2) is 0 Å². The Bertz CT molecular complexity index is 674. The largest absolute Gasteiger partial charge is 0.379 e. The number of hydrogen-bond acceptors (Lipinski definition) is 6. The topological polar surface area (TPSA) is 79.4 Å². The highest BCUT2D eigenvalue weighted by Crippen LogP contribution is 2.03.